The van der Waals surface area contributed by atoms with Gasteiger partial charge in [-0.1, -0.05) is 29.3 Å². The standard InChI is InChI=1S/C32H35Cl2F2N3O8S.H2O/c1-48(42,43)39(9-8-38-10-12-44-13-11-38)22-5-6-27(40)24(15-22)31(41)46-29(16-23-25(33)17-37-18-26(23)34)21-4-7-28(47-32(35)36)30(14-21)45-19-20-2-3-20;/h4-7,14-15,17-18,20,29,32,40H,2-3,8-13,16,19H2,1H3;1H2/t29-;/m0./s1. The summed E-state index contributed by atoms with van der Waals surface area (Å²) in [6.07, 6.45) is 4.80. The number of pyridine rings is 1. The molecule has 5 rings (SSSR count). The average molecular weight is 749 g/mol. The van der Waals surface area contributed by atoms with Gasteiger partial charge >= 0.3 is 12.6 Å². The Hall–Kier alpha value is -3.47. The second-order valence-electron chi connectivity index (χ2n) is 11.6. The lowest BCUT2D eigenvalue weighted by Gasteiger charge is -2.30. The summed E-state index contributed by atoms with van der Waals surface area (Å²) in [5, 5.41) is 11.2. The van der Waals surface area contributed by atoms with Crippen molar-refractivity contribution in [2.75, 3.05) is 56.6 Å². The molecular formula is C32H37Cl2F2N3O9S. The van der Waals surface area contributed by atoms with E-state index >= 15 is 0 Å². The van der Waals surface area contributed by atoms with Crippen LogP contribution in [-0.4, -0.2) is 88.7 Å². The number of aromatic amines is 1. The Bertz CT molecular complexity index is 1690. The summed E-state index contributed by atoms with van der Waals surface area (Å²) in [5.41, 5.74) is 0.627. The van der Waals surface area contributed by atoms with Crippen molar-refractivity contribution in [3.8, 4) is 17.2 Å². The Kier molecular flexibility index (Phi) is 13.3. The van der Waals surface area contributed by atoms with E-state index in [1.807, 2.05) is 0 Å². The molecule has 0 spiro atoms. The number of alkyl halides is 2. The van der Waals surface area contributed by atoms with Crippen molar-refractivity contribution in [1.29, 1.82) is 0 Å². The number of anilines is 1. The number of nitrogens with zero attached hydrogens (tertiary/aromatic N) is 2. The third kappa shape index (κ3) is 10.5. The van der Waals surface area contributed by atoms with E-state index in [0.717, 1.165) is 23.4 Å². The fourth-order valence-electron chi connectivity index (χ4n) is 5.19. The van der Waals surface area contributed by atoms with Crippen LogP contribution in [0.25, 0.3) is 0 Å². The normalized spacial score (nSPS) is 15.7. The van der Waals surface area contributed by atoms with Gasteiger partial charge in [0.25, 0.3) is 0 Å². The first-order chi connectivity index (χ1) is 22.9. The topological polar surface area (TPSA) is 159 Å². The predicted octanol–water partition coefficient (Wildman–Crippen LogP) is 4.97. The fraction of sp³-hybridized carbons (Fsp3) is 0.438. The Morgan fingerprint density at radius 2 is 1.80 bits per heavy atom. The number of rotatable bonds is 15. The molecule has 0 bridgehead atoms. The van der Waals surface area contributed by atoms with E-state index in [-0.39, 0.29) is 51.2 Å². The maximum absolute atomic E-state index is 13.8. The van der Waals surface area contributed by atoms with Gasteiger partial charge in [0.05, 0.1) is 31.8 Å². The first-order valence-electron chi connectivity index (χ1n) is 15.3. The number of halogens is 4. The average Bonchev–Trinajstić information content (AvgIpc) is 3.87. The zero-order valence-corrected chi connectivity index (χ0v) is 28.8. The molecule has 268 valence electrons. The first-order valence-corrected chi connectivity index (χ1v) is 17.9. The summed E-state index contributed by atoms with van der Waals surface area (Å²) in [4.78, 5) is 18.6. The molecule has 1 saturated heterocycles. The van der Waals surface area contributed by atoms with Gasteiger partial charge in [0, 0.05) is 38.2 Å². The number of carbonyl (C=O) groups is 1. The van der Waals surface area contributed by atoms with Gasteiger partial charge in [-0.05, 0) is 54.7 Å². The number of ether oxygens (including phenoxy) is 4. The van der Waals surface area contributed by atoms with Gasteiger partial charge in [-0.15, -0.1) is 0 Å². The number of hydrogen-bond donors (Lipinski definition) is 1. The van der Waals surface area contributed by atoms with Crippen molar-refractivity contribution in [2.45, 2.75) is 32.0 Å². The molecule has 1 atom stereocenters. The van der Waals surface area contributed by atoms with Crippen LogP contribution in [0.2, 0.25) is 10.0 Å². The number of benzene rings is 2. The van der Waals surface area contributed by atoms with Gasteiger partial charge in [0.2, 0.25) is 10.0 Å². The smallest absolute Gasteiger partial charge is 0.387 e. The highest BCUT2D eigenvalue weighted by Gasteiger charge is 2.28. The van der Waals surface area contributed by atoms with E-state index in [9.17, 15) is 27.1 Å². The summed E-state index contributed by atoms with van der Waals surface area (Å²) in [6, 6.07) is 8.05. The van der Waals surface area contributed by atoms with E-state index in [1.165, 1.54) is 48.8 Å². The highest BCUT2D eigenvalue weighted by Crippen LogP contribution is 2.38. The van der Waals surface area contributed by atoms with Crippen LogP contribution in [0.3, 0.4) is 0 Å². The van der Waals surface area contributed by atoms with E-state index in [1.54, 1.807) is 0 Å². The van der Waals surface area contributed by atoms with Crippen molar-refractivity contribution in [3.05, 3.63) is 75.5 Å². The van der Waals surface area contributed by atoms with Gasteiger partial charge in [-0.3, -0.25) is 9.21 Å². The molecule has 3 aromatic rings. The fourth-order valence-corrected chi connectivity index (χ4v) is 6.63. The lowest BCUT2D eigenvalue weighted by molar-refractivity contribution is -0.377. The number of phenolic OH excluding ortho intramolecular Hbond substituents is 1. The summed E-state index contributed by atoms with van der Waals surface area (Å²) in [6.45, 7) is 0.117. The number of morpholine rings is 1. The minimum absolute atomic E-state index is 0. The molecule has 49 heavy (non-hydrogen) atoms. The van der Waals surface area contributed by atoms with Crippen LogP contribution in [0.15, 0.2) is 48.8 Å². The molecule has 0 unspecified atom stereocenters. The van der Waals surface area contributed by atoms with Crippen LogP contribution >= 0.6 is 23.2 Å². The zero-order valence-electron chi connectivity index (χ0n) is 26.5. The molecular weight excluding hydrogens is 711 g/mol. The maximum atomic E-state index is 13.8. The molecule has 17 heteroatoms. The molecule has 1 aliphatic carbocycles. The maximum Gasteiger partial charge on any atom is 0.387 e. The molecule has 2 aliphatic rings. The highest BCUT2D eigenvalue weighted by atomic mass is 35.5. The van der Waals surface area contributed by atoms with E-state index in [0.29, 0.717) is 56.5 Å². The molecule has 0 radical (unpaired) electrons. The molecule has 1 saturated carbocycles. The van der Waals surface area contributed by atoms with E-state index in [2.05, 4.69) is 14.6 Å². The molecule has 2 fully saturated rings. The number of aromatic hydroxyl groups is 1. The number of sulfonamides is 1. The lowest BCUT2D eigenvalue weighted by Crippen LogP contribution is -2.43. The highest BCUT2D eigenvalue weighted by molar-refractivity contribution is 7.92. The number of carbonyl (C=O) groups excluding carboxylic acids is 1. The number of aromatic nitrogens is 1. The van der Waals surface area contributed by atoms with Gasteiger partial charge in [0.15, 0.2) is 23.9 Å². The first kappa shape index (κ1) is 38.3. The second-order valence-corrected chi connectivity index (χ2v) is 14.3. The SMILES string of the molecule is CS(=O)(=O)N(CCN1CCOCC1)c1ccc(O)c(C(=O)O[C@@H](Cc2c(Cl)c[nH+]cc2Cl)c2ccc(OC(F)F)c(OCC3CC3)c2)c1.[OH-]. The van der Waals surface area contributed by atoms with Crippen molar-refractivity contribution in [3.63, 3.8) is 0 Å². The third-order valence-electron chi connectivity index (χ3n) is 7.97. The van der Waals surface area contributed by atoms with Crippen LogP contribution in [0.1, 0.15) is 40.4 Å². The molecule has 2 heterocycles. The van der Waals surface area contributed by atoms with Crippen LogP contribution in [0, 0.1) is 5.92 Å². The number of esters is 1. The second kappa shape index (κ2) is 17.0. The minimum Gasteiger partial charge on any atom is -0.870 e. The van der Waals surface area contributed by atoms with Crippen LogP contribution in [0.5, 0.6) is 17.2 Å². The third-order valence-corrected chi connectivity index (χ3v) is 9.84. The Morgan fingerprint density at radius 1 is 1.10 bits per heavy atom. The molecule has 0 amide bonds. The minimum atomic E-state index is -3.78. The number of phenols is 1. The Labute approximate surface area is 292 Å². The molecule has 3 N–H and O–H groups in total. The molecule has 1 aliphatic heterocycles. The summed E-state index contributed by atoms with van der Waals surface area (Å²) in [7, 11) is -3.78. The predicted molar refractivity (Wildman–Crippen MR) is 176 cm³/mol. The van der Waals surface area contributed by atoms with Crippen molar-refractivity contribution >= 4 is 44.9 Å². The molecule has 12 nitrogen and oxygen atoms in total. The van der Waals surface area contributed by atoms with Gasteiger partial charge < -0.3 is 29.5 Å². The van der Waals surface area contributed by atoms with Crippen LogP contribution < -0.4 is 18.8 Å². The van der Waals surface area contributed by atoms with Gasteiger partial charge in [-0.25, -0.2) is 18.2 Å². The summed E-state index contributed by atoms with van der Waals surface area (Å²) in [5.74, 6) is -1.27. The lowest BCUT2D eigenvalue weighted by atomic mass is 10.0. The number of nitrogens with one attached hydrogen (secondary N) is 1. The van der Waals surface area contributed by atoms with Crippen molar-refractivity contribution in [2.24, 2.45) is 5.92 Å². The van der Waals surface area contributed by atoms with E-state index in [4.69, 9.17) is 37.4 Å². The monoisotopic (exact) mass is 747 g/mol. The molecule has 2 aromatic carbocycles. The summed E-state index contributed by atoms with van der Waals surface area (Å²) >= 11 is 12.9. The zero-order chi connectivity index (χ0) is 34.4. The van der Waals surface area contributed by atoms with Crippen molar-refractivity contribution in [1.82, 2.24) is 4.90 Å². The quantitative estimate of drug-likeness (QED) is 0.211. The van der Waals surface area contributed by atoms with Gasteiger partial charge in [-0.2, -0.15) is 8.78 Å². The Morgan fingerprint density at radius 3 is 2.43 bits per heavy atom. The van der Waals surface area contributed by atoms with Crippen LogP contribution in [-0.2, 0) is 25.9 Å². The number of H-pyrrole nitrogens is 1. The Balaban J connectivity index is 0.00000541. The number of hydrogen-bond acceptors (Lipinski definition) is 10. The largest absolute Gasteiger partial charge is 0.870 e. The van der Waals surface area contributed by atoms with Crippen molar-refractivity contribution < 1.29 is 56.5 Å². The van der Waals surface area contributed by atoms with Gasteiger partial charge in [0.1, 0.15) is 27.5 Å². The summed E-state index contributed by atoms with van der Waals surface area (Å²) < 4.78 is 75.0. The molecule has 1 aromatic heterocycles. The van der Waals surface area contributed by atoms with E-state index < -0.39 is 34.5 Å². The van der Waals surface area contributed by atoms with Crippen LogP contribution in [0.4, 0.5) is 14.5 Å².